The Morgan fingerprint density at radius 2 is 1.64 bits per heavy atom. The summed E-state index contributed by atoms with van der Waals surface area (Å²) in [5, 5.41) is 13.1. The molecule has 5 heteroatoms. The molecular weight excluding hydrogens is 446 g/mol. The summed E-state index contributed by atoms with van der Waals surface area (Å²) in [7, 11) is 0. The number of carbonyl (C=O) groups excluding carboxylic acids is 1. The lowest BCUT2D eigenvalue weighted by Crippen LogP contribution is -2.43. The van der Waals surface area contributed by atoms with E-state index in [0.717, 1.165) is 42.4 Å². The molecule has 0 radical (unpaired) electrons. The van der Waals surface area contributed by atoms with Crippen LogP contribution in [0, 0.1) is 11.3 Å². The van der Waals surface area contributed by atoms with E-state index in [1.54, 1.807) is 0 Å². The van der Waals surface area contributed by atoms with Crippen LogP contribution in [0.5, 0.6) is 0 Å². The maximum absolute atomic E-state index is 13.1. The molecule has 1 fully saturated rings. The fourth-order valence-corrected chi connectivity index (χ4v) is 5.02. The van der Waals surface area contributed by atoms with Gasteiger partial charge >= 0.3 is 0 Å². The van der Waals surface area contributed by atoms with Crippen molar-refractivity contribution < 1.29 is 9.53 Å². The normalized spacial score (nSPS) is 16.1. The largest absolute Gasteiger partial charge is 0.375 e. The number of nitrogens with one attached hydrogen (secondary N) is 1. The Hall–Kier alpha value is -3.46. The molecule has 1 aliphatic rings. The predicted octanol–water partition coefficient (Wildman–Crippen LogP) is 5.43. The van der Waals surface area contributed by atoms with Gasteiger partial charge in [0.2, 0.25) is 0 Å². The van der Waals surface area contributed by atoms with Gasteiger partial charge in [-0.05, 0) is 60.6 Å². The molecule has 0 spiro atoms. The Bertz CT molecular complexity index is 1190. The average molecular weight is 482 g/mol. The van der Waals surface area contributed by atoms with E-state index >= 15 is 0 Å². The third-order valence-corrected chi connectivity index (χ3v) is 6.93. The number of benzene rings is 3. The van der Waals surface area contributed by atoms with E-state index in [-0.39, 0.29) is 5.91 Å². The molecule has 0 saturated heterocycles. The predicted molar refractivity (Wildman–Crippen MR) is 142 cm³/mol. The maximum Gasteiger partial charge on any atom is 0.251 e. The number of nitrogens with zero attached hydrogens (tertiary/aromatic N) is 1. The van der Waals surface area contributed by atoms with Crippen molar-refractivity contribution in [2.24, 2.45) is 5.73 Å². The zero-order valence-corrected chi connectivity index (χ0v) is 21.0. The lowest BCUT2D eigenvalue weighted by atomic mass is 9.79. The first kappa shape index (κ1) is 25.6. The van der Waals surface area contributed by atoms with Gasteiger partial charge in [-0.25, -0.2) is 0 Å². The van der Waals surface area contributed by atoms with Gasteiger partial charge in [0.15, 0.2) is 0 Å². The average Bonchev–Trinajstić information content (AvgIpc) is 3.38. The van der Waals surface area contributed by atoms with Crippen LogP contribution in [0.3, 0.4) is 0 Å². The first-order valence-corrected chi connectivity index (χ1v) is 12.7. The Morgan fingerprint density at radius 3 is 2.28 bits per heavy atom. The minimum atomic E-state index is -0.542. The van der Waals surface area contributed by atoms with Gasteiger partial charge in [0.05, 0.1) is 24.7 Å². The fourth-order valence-electron chi connectivity index (χ4n) is 5.02. The summed E-state index contributed by atoms with van der Waals surface area (Å²) in [4.78, 5) is 13.1. The van der Waals surface area contributed by atoms with Gasteiger partial charge < -0.3 is 15.8 Å². The highest BCUT2D eigenvalue weighted by Gasteiger charge is 2.36. The first-order valence-electron chi connectivity index (χ1n) is 12.7. The number of rotatable bonds is 10. The van der Waals surface area contributed by atoms with Gasteiger partial charge in [0, 0.05) is 17.6 Å². The van der Waals surface area contributed by atoms with Crippen LogP contribution in [0.4, 0.5) is 0 Å². The van der Waals surface area contributed by atoms with Crippen molar-refractivity contribution in [1.29, 1.82) is 5.26 Å². The van der Waals surface area contributed by atoms with Gasteiger partial charge in [0.1, 0.15) is 0 Å². The first-order chi connectivity index (χ1) is 17.4. The molecule has 1 atom stereocenters. The number of carbonyl (C=O) groups is 1. The third kappa shape index (κ3) is 6.60. The van der Waals surface area contributed by atoms with Crippen LogP contribution in [-0.2, 0) is 29.7 Å². The molecule has 3 aromatic rings. The second-order valence-corrected chi connectivity index (χ2v) is 10.3. The van der Waals surface area contributed by atoms with Crippen molar-refractivity contribution in [2.45, 2.75) is 63.1 Å². The highest BCUT2D eigenvalue weighted by Crippen LogP contribution is 2.41. The molecule has 1 aliphatic carbocycles. The molecule has 5 nitrogen and oxygen atoms in total. The van der Waals surface area contributed by atoms with E-state index in [1.165, 1.54) is 5.56 Å². The Labute approximate surface area is 214 Å². The summed E-state index contributed by atoms with van der Waals surface area (Å²) < 4.78 is 6.07. The summed E-state index contributed by atoms with van der Waals surface area (Å²) in [6.07, 6.45) is 4.38. The monoisotopic (exact) mass is 481 g/mol. The van der Waals surface area contributed by atoms with Crippen LogP contribution in [-0.4, -0.2) is 18.1 Å². The molecule has 1 amide bonds. The van der Waals surface area contributed by atoms with Gasteiger partial charge in [-0.15, -0.1) is 0 Å². The quantitative estimate of drug-likeness (QED) is 0.404. The molecule has 1 saturated carbocycles. The van der Waals surface area contributed by atoms with Crippen molar-refractivity contribution >= 4 is 5.91 Å². The zero-order chi connectivity index (χ0) is 25.4. The molecule has 186 valence electrons. The van der Waals surface area contributed by atoms with Crippen LogP contribution in [0.1, 0.15) is 65.2 Å². The van der Waals surface area contributed by atoms with Crippen molar-refractivity contribution in [3.05, 3.63) is 107 Å². The topological polar surface area (TPSA) is 88.1 Å². The number of nitrogens with two attached hydrogens (primary N) is 1. The van der Waals surface area contributed by atoms with Crippen LogP contribution in [0.2, 0.25) is 0 Å². The van der Waals surface area contributed by atoms with Crippen LogP contribution in [0.15, 0.2) is 78.9 Å². The second-order valence-electron chi connectivity index (χ2n) is 10.3. The minimum absolute atomic E-state index is 0.152. The fraction of sp³-hybridized carbons (Fsp3) is 0.355. The lowest BCUT2D eigenvalue weighted by Gasteiger charge is -2.25. The van der Waals surface area contributed by atoms with Crippen molar-refractivity contribution in [3.8, 4) is 6.07 Å². The van der Waals surface area contributed by atoms with E-state index in [2.05, 4.69) is 23.5 Å². The summed E-state index contributed by atoms with van der Waals surface area (Å²) in [5.74, 6) is -0.152. The van der Waals surface area contributed by atoms with Gasteiger partial charge in [-0.2, -0.15) is 5.26 Å². The molecule has 0 aromatic heterocycles. The molecular formula is C31H35N3O2. The minimum Gasteiger partial charge on any atom is -0.375 e. The SMILES string of the molecule is CC(N)(COCc1cc(C(=O)NCc2ccccc2)cc(C2(C#N)CCCC2)c1)Cc1ccccc1. The number of ether oxygens (including phenoxy) is 1. The highest BCUT2D eigenvalue weighted by atomic mass is 16.5. The molecule has 36 heavy (non-hydrogen) atoms. The number of hydrogen-bond acceptors (Lipinski definition) is 4. The smallest absolute Gasteiger partial charge is 0.251 e. The van der Waals surface area contributed by atoms with Gasteiger partial charge in [0.25, 0.3) is 5.91 Å². The van der Waals surface area contributed by atoms with E-state index in [4.69, 9.17) is 10.5 Å². The van der Waals surface area contributed by atoms with Crippen molar-refractivity contribution in [1.82, 2.24) is 5.32 Å². The van der Waals surface area contributed by atoms with Crippen LogP contribution < -0.4 is 11.1 Å². The van der Waals surface area contributed by atoms with E-state index in [0.29, 0.717) is 31.7 Å². The number of hydrogen-bond donors (Lipinski definition) is 2. The molecule has 1 unspecified atom stereocenters. The van der Waals surface area contributed by atoms with E-state index in [9.17, 15) is 10.1 Å². The van der Waals surface area contributed by atoms with Crippen LogP contribution in [0.25, 0.3) is 0 Å². The van der Waals surface area contributed by atoms with Crippen molar-refractivity contribution in [3.63, 3.8) is 0 Å². The highest BCUT2D eigenvalue weighted by molar-refractivity contribution is 5.94. The van der Waals surface area contributed by atoms with Gasteiger partial charge in [-0.3, -0.25) is 4.79 Å². The number of nitriles is 1. The van der Waals surface area contributed by atoms with Crippen molar-refractivity contribution in [2.75, 3.05) is 6.61 Å². The summed E-state index contributed by atoms with van der Waals surface area (Å²) in [5.41, 5.74) is 10.0. The molecule has 4 rings (SSSR count). The summed E-state index contributed by atoms with van der Waals surface area (Å²) >= 11 is 0. The van der Waals surface area contributed by atoms with Crippen LogP contribution >= 0.6 is 0 Å². The van der Waals surface area contributed by atoms with Gasteiger partial charge in [-0.1, -0.05) is 79.6 Å². The van der Waals surface area contributed by atoms with E-state index < -0.39 is 11.0 Å². The summed E-state index contributed by atoms with van der Waals surface area (Å²) in [6.45, 7) is 3.15. The molecule has 3 N–H and O–H groups in total. The lowest BCUT2D eigenvalue weighted by molar-refractivity contribution is 0.0789. The molecule has 3 aromatic carbocycles. The Morgan fingerprint density at radius 1 is 1.00 bits per heavy atom. The molecule has 0 heterocycles. The molecule has 0 bridgehead atoms. The Kier molecular flexibility index (Phi) is 8.20. The zero-order valence-electron chi connectivity index (χ0n) is 21.0. The molecule has 0 aliphatic heterocycles. The maximum atomic E-state index is 13.1. The Balaban J connectivity index is 1.49. The number of amides is 1. The standard InChI is InChI=1S/C31H35N3O2/c1-30(33,19-24-10-4-2-5-11-24)23-36-21-26-16-27(29(35)34-20-25-12-6-3-7-13-25)18-28(17-26)31(22-32)14-8-9-15-31/h2-7,10-13,16-18H,8-9,14-15,19-21,23,33H2,1H3,(H,34,35). The second kappa shape index (κ2) is 11.5. The summed E-state index contributed by atoms with van der Waals surface area (Å²) in [6, 6.07) is 28.3. The third-order valence-electron chi connectivity index (χ3n) is 6.93. The van der Waals surface area contributed by atoms with E-state index in [1.807, 2.05) is 73.7 Å².